The fraction of sp³-hybridized carbons (Fsp3) is 0.500. The van der Waals surface area contributed by atoms with Crippen molar-refractivity contribution in [2.24, 2.45) is 0 Å². The van der Waals surface area contributed by atoms with Crippen molar-refractivity contribution in [3.05, 3.63) is 22.3 Å². The minimum atomic E-state index is -1.05. The second-order valence-corrected chi connectivity index (χ2v) is 5.06. The lowest BCUT2D eigenvalue weighted by atomic mass is 9.97. The number of nitrogens with zero attached hydrogens (tertiary/aromatic N) is 1. The van der Waals surface area contributed by atoms with Crippen LogP contribution in [0.1, 0.15) is 37.0 Å². The largest absolute Gasteiger partial charge is 0.478 e. The van der Waals surface area contributed by atoms with Crippen LogP contribution in [-0.4, -0.2) is 33.3 Å². The average molecular weight is 317 g/mol. The van der Waals surface area contributed by atoms with E-state index in [1.807, 2.05) is 13.8 Å². The minimum absolute atomic E-state index is 0.0823. The zero-order chi connectivity index (χ0) is 13.8. The molecule has 0 saturated carbocycles. The van der Waals surface area contributed by atoms with Crippen LogP contribution >= 0.6 is 15.9 Å². The average Bonchev–Trinajstić information content (AvgIpc) is 2.36. The van der Waals surface area contributed by atoms with Gasteiger partial charge in [-0.25, -0.2) is 9.78 Å². The molecule has 0 amide bonds. The maximum Gasteiger partial charge on any atom is 0.339 e. The van der Waals surface area contributed by atoms with E-state index in [1.165, 1.54) is 12.3 Å². The molecule has 100 valence electrons. The molecule has 1 aromatic rings. The molecule has 1 heterocycles. The van der Waals surface area contributed by atoms with Crippen LogP contribution in [0, 0.1) is 0 Å². The van der Waals surface area contributed by atoms with Gasteiger partial charge in [-0.15, -0.1) is 0 Å². The van der Waals surface area contributed by atoms with Crippen LogP contribution in [0.2, 0.25) is 0 Å². The Kier molecular flexibility index (Phi) is 5.10. The molecule has 0 aliphatic rings. The molecule has 0 radical (unpaired) electrons. The quantitative estimate of drug-likeness (QED) is 0.751. The van der Waals surface area contributed by atoms with E-state index in [4.69, 9.17) is 5.11 Å². The Morgan fingerprint density at radius 1 is 1.50 bits per heavy atom. The highest BCUT2D eigenvalue weighted by atomic mass is 79.9. The number of nitrogens with one attached hydrogen (secondary N) is 1. The Morgan fingerprint density at radius 2 is 2.11 bits per heavy atom. The number of rotatable bonds is 6. The summed E-state index contributed by atoms with van der Waals surface area (Å²) in [5.74, 6) is -0.783. The Bertz CT molecular complexity index is 433. The van der Waals surface area contributed by atoms with E-state index in [2.05, 4.69) is 26.2 Å². The first kappa shape index (κ1) is 14.9. The Balaban J connectivity index is 2.88. The highest BCUT2D eigenvalue weighted by molar-refractivity contribution is 9.10. The summed E-state index contributed by atoms with van der Waals surface area (Å²) >= 11 is 3.18. The van der Waals surface area contributed by atoms with Crippen molar-refractivity contribution in [1.29, 1.82) is 0 Å². The van der Waals surface area contributed by atoms with Crippen LogP contribution in [-0.2, 0) is 0 Å². The van der Waals surface area contributed by atoms with Crippen LogP contribution in [0.15, 0.2) is 16.7 Å². The third-order valence-corrected chi connectivity index (χ3v) is 3.42. The number of carboxylic acid groups (broad SMARTS) is 1. The Morgan fingerprint density at radius 3 is 2.61 bits per heavy atom. The van der Waals surface area contributed by atoms with Gasteiger partial charge < -0.3 is 15.5 Å². The number of pyridine rings is 1. The number of aromatic carboxylic acids is 1. The predicted octanol–water partition coefficient (Wildman–Crippen LogP) is 2.51. The van der Waals surface area contributed by atoms with Gasteiger partial charge in [0.05, 0.1) is 5.60 Å². The topological polar surface area (TPSA) is 82.5 Å². The predicted molar refractivity (Wildman–Crippen MR) is 72.9 cm³/mol. The number of carboxylic acids is 1. The fourth-order valence-electron chi connectivity index (χ4n) is 1.49. The van der Waals surface area contributed by atoms with Crippen LogP contribution in [0.4, 0.5) is 5.82 Å². The lowest BCUT2D eigenvalue weighted by molar-refractivity contribution is 0.0455. The molecule has 0 aliphatic carbocycles. The molecule has 3 N–H and O–H groups in total. The van der Waals surface area contributed by atoms with Crippen LogP contribution in [0.25, 0.3) is 0 Å². The number of anilines is 1. The van der Waals surface area contributed by atoms with E-state index in [9.17, 15) is 9.90 Å². The SMILES string of the molecule is CCC(O)(CC)CNc1ncc(Br)cc1C(=O)O. The number of aromatic nitrogens is 1. The van der Waals surface area contributed by atoms with Gasteiger partial charge in [-0.1, -0.05) is 13.8 Å². The molecule has 0 aliphatic heterocycles. The van der Waals surface area contributed by atoms with E-state index in [0.717, 1.165) is 0 Å². The summed E-state index contributed by atoms with van der Waals surface area (Å²) in [7, 11) is 0. The molecule has 0 fully saturated rings. The van der Waals surface area contributed by atoms with Gasteiger partial charge in [0.15, 0.2) is 0 Å². The van der Waals surface area contributed by atoms with Crippen molar-refractivity contribution in [1.82, 2.24) is 4.98 Å². The summed E-state index contributed by atoms with van der Waals surface area (Å²) in [6, 6.07) is 1.48. The number of halogens is 1. The van der Waals surface area contributed by atoms with Gasteiger partial charge >= 0.3 is 5.97 Å². The summed E-state index contributed by atoms with van der Waals surface area (Å²) in [5, 5.41) is 22.1. The zero-order valence-corrected chi connectivity index (χ0v) is 12.0. The number of hydrogen-bond donors (Lipinski definition) is 3. The molecule has 1 rings (SSSR count). The molecule has 0 bridgehead atoms. The first-order chi connectivity index (χ1) is 8.41. The first-order valence-electron chi connectivity index (χ1n) is 5.77. The van der Waals surface area contributed by atoms with Gasteiger partial charge in [0.25, 0.3) is 0 Å². The number of hydrogen-bond acceptors (Lipinski definition) is 4. The lowest BCUT2D eigenvalue weighted by Gasteiger charge is -2.25. The number of aliphatic hydroxyl groups is 1. The molecular weight excluding hydrogens is 300 g/mol. The molecule has 18 heavy (non-hydrogen) atoms. The molecule has 1 aromatic heterocycles. The maximum absolute atomic E-state index is 11.1. The first-order valence-corrected chi connectivity index (χ1v) is 6.56. The van der Waals surface area contributed by atoms with E-state index < -0.39 is 11.6 Å². The normalized spacial score (nSPS) is 11.3. The van der Waals surface area contributed by atoms with Gasteiger partial charge in [0.1, 0.15) is 11.4 Å². The van der Waals surface area contributed by atoms with Crippen molar-refractivity contribution in [2.75, 3.05) is 11.9 Å². The highest BCUT2D eigenvalue weighted by Crippen LogP contribution is 2.20. The van der Waals surface area contributed by atoms with Gasteiger partial charge in [-0.05, 0) is 34.8 Å². The van der Waals surface area contributed by atoms with E-state index in [0.29, 0.717) is 17.3 Å². The Hall–Kier alpha value is -1.14. The van der Waals surface area contributed by atoms with Crippen molar-refractivity contribution in [3.8, 4) is 0 Å². The Labute approximate surface area is 114 Å². The molecule has 0 aromatic carbocycles. The van der Waals surface area contributed by atoms with Crippen molar-refractivity contribution < 1.29 is 15.0 Å². The van der Waals surface area contributed by atoms with Crippen molar-refractivity contribution in [2.45, 2.75) is 32.3 Å². The molecular formula is C12H17BrN2O3. The lowest BCUT2D eigenvalue weighted by Crippen LogP contribution is -2.35. The van der Waals surface area contributed by atoms with Crippen molar-refractivity contribution in [3.63, 3.8) is 0 Å². The zero-order valence-electron chi connectivity index (χ0n) is 10.4. The summed E-state index contributed by atoms with van der Waals surface area (Å²) in [5.41, 5.74) is -0.760. The molecule has 0 unspecified atom stereocenters. The highest BCUT2D eigenvalue weighted by Gasteiger charge is 2.23. The molecule has 0 atom stereocenters. The van der Waals surface area contributed by atoms with Crippen LogP contribution in [0.3, 0.4) is 0 Å². The molecule has 0 saturated heterocycles. The summed E-state index contributed by atoms with van der Waals surface area (Å²) in [6.45, 7) is 4.05. The number of carbonyl (C=O) groups is 1. The fourth-order valence-corrected chi connectivity index (χ4v) is 1.82. The standard InChI is InChI=1S/C12H17BrN2O3/c1-3-12(18,4-2)7-15-10-9(11(16)17)5-8(13)6-14-10/h5-6,18H,3-4,7H2,1-2H3,(H,14,15)(H,16,17). The molecule has 0 spiro atoms. The van der Waals surface area contributed by atoms with Gasteiger partial charge in [-0.3, -0.25) is 0 Å². The monoisotopic (exact) mass is 316 g/mol. The van der Waals surface area contributed by atoms with Crippen LogP contribution in [0.5, 0.6) is 0 Å². The summed E-state index contributed by atoms with van der Waals surface area (Å²) in [6.07, 6.45) is 2.70. The second kappa shape index (κ2) is 6.15. The smallest absolute Gasteiger partial charge is 0.339 e. The van der Waals surface area contributed by atoms with Gasteiger partial charge in [0.2, 0.25) is 0 Å². The van der Waals surface area contributed by atoms with E-state index in [-0.39, 0.29) is 17.9 Å². The molecule has 5 nitrogen and oxygen atoms in total. The third kappa shape index (κ3) is 3.68. The maximum atomic E-state index is 11.1. The summed E-state index contributed by atoms with van der Waals surface area (Å²) in [4.78, 5) is 15.1. The van der Waals surface area contributed by atoms with Gasteiger partial charge in [0, 0.05) is 17.2 Å². The molecule has 6 heteroatoms. The van der Waals surface area contributed by atoms with E-state index >= 15 is 0 Å². The second-order valence-electron chi connectivity index (χ2n) is 4.14. The van der Waals surface area contributed by atoms with Crippen molar-refractivity contribution >= 4 is 27.7 Å². The minimum Gasteiger partial charge on any atom is -0.478 e. The summed E-state index contributed by atoms with van der Waals surface area (Å²) < 4.78 is 0.603. The van der Waals surface area contributed by atoms with Crippen LogP contribution < -0.4 is 5.32 Å². The van der Waals surface area contributed by atoms with E-state index in [1.54, 1.807) is 0 Å². The third-order valence-electron chi connectivity index (χ3n) is 2.99. The van der Waals surface area contributed by atoms with Gasteiger partial charge in [-0.2, -0.15) is 0 Å².